The maximum Gasteiger partial charge on any atom is 0.471 e. The van der Waals surface area contributed by atoms with Crippen molar-refractivity contribution in [2.24, 2.45) is 34.3 Å². The summed E-state index contributed by atoms with van der Waals surface area (Å²) in [5.41, 5.74) is 3.94. The predicted octanol–water partition coefficient (Wildman–Crippen LogP) is 0.982. The van der Waals surface area contributed by atoms with E-state index in [0.717, 1.165) is 19.3 Å². The standard InChI is InChI=1S/C26H38F3N5O5/c1-23(2,3)17(32-22(39)26(27,28)29)21(38)34-11-13-15(24(13,4)5)16(34)20(37)31-14(18(30)35)9-12-10-25(7-6-8-25)33-19(12)36/h12-17H,6-11H2,1-5H3,(H2,30,35)(H,31,37)(H,32,39)(H,33,36)/t12-,13?,14+,15?,16?,17-/m1/s1. The number of nitrogens with zero attached hydrogens (tertiary/aromatic N) is 1. The summed E-state index contributed by atoms with van der Waals surface area (Å²) in [7, 11) is 0. The van der Waals surface area contributed by atoms with Crippen LogP contribution >= 0.6 is 0 Å². The van der Waals surface area contributed by atoms with Gasteiger partial charge in [0.2, 0.25) is 23.6 Å². The quantitative estimate of drug-likeness (QED) is 0.368. The van der Waals surface area contributed by atoms with Crippen LogP contribution < -0.4 is 21.7 Å². The van der Waals surface area contributed by atoms with E-state index in [0.29, 0.717) is 6.42 Å². The SMILES string of the molecule is CC1(C)C2CN(C(=O)[C@@H](NC(=O)C(F)(F)F)C(C)(C)C)C(C(=O)N[C@@H](C[C@@H]3CC4(CCC4)NC3=O)C(N)=O)C21. The minimum Gasteiger partial charge on any atom is -0.368 e. The third-order valence-electron chi connectivity index (χ3n) is 9.29. The normalized spacial score (nSPS) is 30.1. The van der Waals surface area contributed by atoms with Crippen LogP contribution in [0.5, 0.6) is 0 Å². The Balaban J connectivity index is 1.53. The van der Waals surface area contributed by atoms with Gasteiger partial charge in [-0.05, 0) is 54.8 Å². The third kappa shape index (κ3) is 5.32. The molecule has 5 amide bonds. The summed E-state index contributed by atoms with van der Waals surface area (Å²) in [6, 6.07) is -3.78. The second-order valence-electron chi connectivity index (χ2n) is 13.4. The molecule has 1 spiro atoms. The predicted molar refractivity (Wildman–Crippen MR) is 132 cm³/mol. The van der Waals surface area contributed by atoms with Crippen LogP contribution in [0, 0.1) is 28.6 Å². The van der Waals surface area contributed by atoms with Gasteiger partial charge in [0.15, 0.2) is 0 Å². The summed E-state index contributed by atoms with van der Waals surface area (Å²) in [6.45, 7) is 8.55. The molecule has 0 aromatic heterocycles. The lowest BCUT2D eigenvalue weighted by atomic mass is 9.74. The van der Waals surface area contributed by atoms with E-state index in [2.05, 4.69) is 10.6 Å². The van der Waals surface area contributed by atoms with Crippen LogP contribution in [-0.4, -0.2) is 70.8 Å². The van der Waals surface area contributed by atoms with Crippen LogP contribution in [0.25, 0.3) is 0 Å². The van der Waals surface area contributed by atoms with E-state index in [4.69, 9.17) is 5.73 Å². The second-order valence-corrected chi connectivity index (χ2v) is 13.4. The largest absolute Gasteiger partial charge is 0.471 e. The second kappa shape index (κ2) is 9.36. The zero-order chi connectivity index (χ0) is 29.3. The smallest absolute Gasteiger partial charge is 0.368 e. The molecule has 4 fully saturated rings. The number of nitrogens with one attached hydrogen (secondary N) is 3. The Labute approximate surface area is 225 Å². The number of carbonyl (C=O) groups excluding carboxylic acids is 5. The molecule has 0 bridgehead atoms. The van der Waals surface area contributed by atoms with Crippen LogP contribution in [0.4, 0.5) is 13.2 Å². The Kier molecular flexibility index (Phi) is 6.99. The molecule has 2 aliphatic heterocycles. The molecular weight excluding hydrogens is 519 g/mol. The summed E-state index contributed by atoms with van der Waals surface area (Å²) in [5.74, 6) is -5.59. The van der Waals surface area contributed by atoms with Crippen molar-refractivity contribution in [2.45, 2.75) is 96.6 Å². The Morgan fingerprint density at radius 1 is 1.13 bits per heavy atom. The number of alkyl halides is 3. The van der Waals surface area contributed by atoms with Gasteiger partial charge in [-0.3, -0.25) is 24.0 Å². The van der Waals surface area contributed by atoms with E-state index >= 15 is 0 Å². The number of likely N-dealkylation sites (tertiary alicyclic amines) is 1. The highest BCUT2D eigenvalue weighted by molar-refractivity contribution is 5.96. The van der Waals surface area contributed by atoms with Gasteiger partial charge in [0, 0.05) is 18.0 Å². The first-order valence-electron chi connectivity index (χ1n) is 13.4. The molecule has 39 heavy (non-hydrogen) atoms. The zero-order valence-electron chi connectivity index (χ0n) is 22.9. The lowest BCUT2D eigenvalue weighted by Crippen LogP contribution is -2.61. The van der Waals surface area contributed by atoms with E-state index in [9.17, 15) is 37.1 Å². The van der Waals surface area contributed by atoms with Crippen LogP contribution in [0.1, 0.15) is 66.7 Å². The van der Waals surface area contributed by atoms with Crippen molar-refractivity contribution in [1.29, 1.82) is 0 Å². The van der Waals surface area contributed by atoms with Gasteiger partial charge < -0.3 is 26.6 Å². The topological polar surface area (TPSA) is 151 Å². The summed E-state index contributed by atoms with van der Waals surface area (Å²) >= 11 is 0. The molecule has 2 heterocycles. The maximum atomic E-state index is 13.6. The van der Waals surface area contributed by atoms with Crippen LogP contribution in [0.2, 0.25) is 0 Å². The number of amides is 5. The van der Waals surface area contributed by atoms with E-state index in [1.807, 2.05) is 19.2 Å². The summed E-state index contributed by atoms with van der Waals surface area (Å²) in [5, 5.41) is 7.44. The Morgan fingerprint density at radius 3 is 2.21 bits per heavy atom. The Morgan fingerprint density at radius 2 is 1.74 bits per heavy atom. The first kappa shape index (κ1) is 29.1. The molecule has 6 atom stereocenters. The number of primary amides is 1. The van der Waals surface area contributed by atoms with Gasteiger partial charge in [0.05, 0.1) is 0 Å². The van der Waals surface area contributed by atoms with E-state index in [-0.39, 0.29) is 41.7 Å². The van der Waals surface area contributed by atoms with Crippen molar-refractivity contribution in [1.82, 2.24) is 20.9 Å². The number of nitrogens with two attached hydrogens (primary N) is 1. The van der Waals surface area contributed by atoms with Gasteiger partial charge in [-0.2, -0.15) is 13.2 Å². The molecule has 2 saturated heterocycles. The first-order chi connectivity index (χ1) is 17.8. The molecule has 5 N–H and O–H groups in total. The van der Waals surface area contributed by atoms with Crippen LogP contribution in [-0.2, 0) is 24.0 Å². The molecule has 0 aromatic carbocycles. The zero-order valence-corrected chi connectivity index (χ0v) is 22.9. The number of carbonyl (C=O) groups is 5. The lowest BCUT2D eigenvalue weighted by molar-refractivity contribution is -0.176. The summed E-state index contributed by atoms with van der Waals surface area (Å²) in [4.78, 5) is 65.1. The van der Waals surface area contributed by atoms with Crippen molar-refractivity contribution in [3.63, 3.8) is 0 Å². The highest BCUT2D eigenvalue weighted by Gasteiger charge is 2.70. The van der Waals surface area contributed by atoms with Crippen molar-refractivity contribution in [2.75, 3.05) is 6.54 Å². The number of hydrogen-bond acceptors (Lipinski definition) is 5. The summed E-state index contributed by atoms with van der Waals surface area (Å²) in [6.07, 6.45) is -1.90. The monoisotopic (exact) mass is 557 g/mol. The fourth-order valence-corrected chi connectivity index (χ4v) is 6.73. The molecule has 2 saturated carbocycles. The molecule has 4 aliphatic rings. The van der Waals surface area contributed by atoms with Gasteiger partial charge in [-0.15, -0.1) is 0 Å². The van der Waals surface area contributed by atoms with Gasteiger partial charge in [0.1, 0.15) is 18.1 Å². The van der Waals surface area contributed by atoms with E-state index < -0.39 is 59.3 Å². The fraction of sp³-hybridized carbons (Fsp3) is 0.808. The minimum atomic E-state index is -5.19. The first-order valence-corrected chi connectivity index (χ1v) is 13.4. The van der Waals surface area contributed by atoms with Crippen molar-refractivity contribution in [3.05, 3.63) is 0 Å². The van der Waals surface area contributed by atoms with Gasteiger partial charge >= 0.3 is 12.1 Å². The number of hydrogen-bond donors (Lipinski definition) is 4. The van der Waals surface area contributed by atoms with Crippen molar-refractivity contribution < 1.29 is 37.1 Å². The molecule has 2 aliphatic carbocycles. The highest BCUT2D eigenvalue weighted by atomic mass is 19.4. The average Bonchev–Trinajstić information content (AvgIpc) is 3.10. The Hall–Kier alpha value is -2.86. The number of halogens is 3. The number of fused-ring (bicyclic) bond motifs is 1. The molecule has 218 valence electrons. The third-order valence-corrected chi connectivity index (χ3v) is 9.29. The van der Waals surface area contributed by atoms with Crippen LogP contribution in [0.3, 0.4) is 0 Å². The number of piperidine rings is 1. The van der Waals surface area contributed by atoms with E-state index in [1.54, 1.807) is 0 Å². The minimum absolute atomic E-state index is 0.0130. The van der Waals surface area contributed by atoms with Gasteiger partial charge in [0.25, 0.3) is 0 Å². The molecule has 0 aromatic rings. The van der Waals surface area contributed by atoms with E-state index in [1.165, 1.54) is 25.7 Å². The molecule has 13 heteroatoms. The van der Waals surface area contributed by atoms with Crippen molar-refractivity contribution >= 4 is 29.5 Å². The molecule has 4 rings (SSSR count). The van der Waals surface area contributed by atoms with Crippen molar-refractivity contribution in [3.8, 4) is 0 Å². The lowest BCUT2D eigenvalue weighted by Gasteiger charge is -2.38. The highest BCUT2D eigenvalue weighted by Crippen LogP contribution is 2.65. The molecule has 10 nitrogen and oxygen atoms in total. The molecular formula is C26H38F3N5O5. The Bertz CT molecular complexity index is 1080. The van der Waals surface area contributed by atoms with Gasteiger partial charge in [-0.1, -0.05) is 34.6 Å². The molecule has 0 radical (unpaired) electrons. The van der Waals surface area contributed by atoms with Crippen LogP contribution in [0.15, 0.2) is 0 Å². The summed E-state index contributed by atoms with van der Waals surface area (Å²) < 4.78 is 39.1. The number of rotatable bonds is 7. The maximum absolute atomic E-state index is 13.6. The molecule has 3 unspecified atom stereocenters. The fourth-order valence-electron chi connectivity index (χ4n) is 6.73. The van der Waals surface area contributed by atoms with Gasteiger partial charge in [-0.25, -0.2) is 0 Å². The average molecular weight is 558 g/mol.